The molecule has 0 aromatic carbocycles. The van der Waals surface area contributed by atoms with Gasteiger partial charge in [0, 0.05) is 16.7 Å². The maximum Gasteiger partial charge on any atom is 0.306 e. The summed E-state index contributed by atoms with van der Waals surface area (Å²) >= 11 is 3.11. The zero-order chi connectivity index (χ0) is 15.7. The third kappa shape index (κ3) is 6.82. The first-order chi connectivity index (χ1) is 10.1. The number of thiophene rings is 1. The number of ether oxygens (including phenoxy) is 1. The van der Waals surface area contributed by atoms with Crippen LogP contribution in [0.5, 0.6) is 0 Å². The second-order valence-corrected chi connectivity index (χ2v) is 7.00. The highest BCUT2D eigenvalue weighted by Crippen LogP contribution is 2.17. The van der Waals surface area contributed by atoms with Gasteiger partial charge in [0.1, 0.15) is 0 Å². The van der Waals surface area contributed by atoms with E-state index in [1.165, 1.54) is 18.9 Å². The van der Waals surface area contributed by atoms with Crippen LogP contribution in [0.15, 0.2) is 30.2 Å². The molecule has 0 fully saturated rings. The van der Waals surface area contributed by atoms with Crippen molar-refractivity contribution in [3.05, 3.63) is 35.0 Å². The highest BCUT2D eigenvalue weighted by Gasteiger charge is 2.16. The second-order valence-electron chi connectivity index (χ2n) is 4.54. The number of rotatable bonds is 9. The Labute approximate surface area is 134 Å². The molecule has 1 unspecified atom stereocenters. The maximum absolute atomic E-state index is 12.3. The van der Waals surface area contributed by atoms with Gasteiger partial charge in [-0.3, -0.25) is 9.59 Å². The molecule has 1 atom stereocenters. The summed E-state index contributed by atoms with van der Waals surface area (Å²) < 4.78 is 4.62. The summed E-state index contributed by atoms with van der Waals surface area (Å²) in [5, 5.41) is 2.06. The van der Waals surface area contributed by atoms with Gasteiger partial charge in [0.2, 0.25) is 5.91 Å². The van der Waals surface area contributed by atoms with Gasteiger partial charge in [0.25, 0.3) is 0 Å². The number of methoxy groups -OCH3 is 1. The smallest absolute Gasteiger partial charge is 0.306 e. The first kappa shape index (κ1) is 17.8. The van der Waals surface area contributed by atoms with E-state index in [0.29, 0.717) is 25.3 Å². The molecule has 0 radical (unpaired) electrons. The van der Waals surface area contributed by atoms with Crippen LogP contribution in [-0.4, -0.2) is 41.4 Å². The average molecular weight is 327 g/mol. The summed E-state index contributed by atoms with van der Waals surface area (Å²) in [6.07, 6.45) is 2.05. The standard InChI is InChI=1S/C15H21NO3S2/c1-4-7-16(10-13-6-5-8-20-13)14(17)11-21-12(2)9-15(18)19-3/h4-6,8,12H,1,7,9-11H2,2-3H3. The average Bonchev–Trinajstić information content (AvgIpc) is 2.97. The minimum absolute atomic E-state index is 0.0602. The van der Waals surface area contributed by atoms with Crippen molar-refractivity contribution in [1.82, 2.24) is 4.90 Å². The van der Waals surface area contributed by atoms with Crippen LogP contribution in [0.1, 0.15) is 18.2 Å². The van der Waals surface area contributed by atoms with E-state index in [4.69, 9.17) is 0 Å². The Morgan fingerprint density at radius 2 is 2.33 bits per heavy atom. The predicted octanol–water partition coefficient (Wildman–Crippen LogP) is 2.95. The SMILES string of the molecule is C=CCN(Cc1cccs1)C(=O)CSC(C)CC(=O)OC. The molecule has 0 bridgehead atoms. The number of thioether (sulfide) groups is 1. The summed E-state index contributed by atoms with van der Waals surface area (Å²) in [7, 11) is 1.37. The Balaban J connectivity index is 2.45. The normalized spacial score (nSPS) is 11.7. The van der Waals surface area contributed by atoms with E-state index >= 15 is 0 Å². The van der Waals surface area contributed by atoms with Crippen LogP contribution in [0.2, 0.25) is 0 Å². The van der Waals surface area contributed by atoms with Gasteiger partial charge in [-0.1, -0.05) is 19.1 Å². The van der Waals surface area contributed by atoms with Gasteiger partial charge in [-0.25, -0.2) is 0 Å². The molecule has 6 heteroatoms. The van der Waals surface area contributed by atoms with Crippen LogP contribution in [0.4, 0.5) is 0 Å². The topological polar surface area (TPSA) is 46.6 Å². The molecule has 1 aromatic heterocycles. The molecule has 0 saturated heterocycles. The van der Waals surface area contributed by atoms with Crippen LogP contribution >= 0.6 is 23.1 Å². The molecular weight excluding hydrogens is 306 g/mol. The quantitative estimate of drug-likeness (QED) is 0.517. The third-order valence-electron chi connectivity index (χ3n) is 2.80. The fourth-order valence-corrected chi connectivity index (χ4v) is 3.27. The molecule has 116 valence electrons. The van der Waals surface area contributed by atoms with E-state index in [9.17, 15) is 9.59 Å². The summed E-state index contributed by atoms with van der Waals surface area (Å²) in [6, 6.07) is 3.99. The van der Waals surface area contributed by atoms with E-state index in [-0.39, 0.29) is 17.1 Å². The predicted molar refractivity (Wildman–Crippen MR) is 88.5 cm³/mol. The van der Waals surface area contributed by atoms with E-state index < -0.39 is 0 Å². The Hall–Kier alpha value is -1.27. The van der Waals surface area contributed by atoms with Gasteiger partial charge in [-0.2, -0.15) is 0 Å². The van der Waals surface area contributed by atoms with E-state index in [1.807, 2.05) is 24.4 Å². The molecule has 1 amide bonds. The van der Waals surface area contributed by atoms with Gasteiger partial charge < -0.3 is 9.64 Å². The van der Waals surface area contributed by atoms with Crippen LogP contribution in [0, 0.1) is 0 Å². The van der Waals surface area contributed by atoms with E-state index in [1.54, 1.807) is 22.3 Å². The molecule has 0 aliphatic carbocycles. The molecule has 1 heterocycles. The third-order valence-corrected chi connectivity index (χ3v) is 4.81. The van der Waals surface area contributed by atoms with Gasteiger partial charge in [0.05, 0.1) is 25.8 Å². The molecule has 0 N–H and O–H groups in total. The molecule has 0 aliphatic rings. The minimum Gasteiger partial charge on any atom is -0.469 e. The fourth-order valence-electron chi connectivity index (χ4n) is 1.68. The highest BCUT2D eigenvalue weighted by atomic mass is 32.2. The van der Waals surface area contributed by atoms with E-state index in [0.717, 1.165) is 4.88 Å². The zero-order valence-corrected chi connectivity index (χ0v) is 14.0. The van der Waals surface area contributed by atoms with Crippen LogP contribution in [-0.2, 0) is 20.9 Å². The number of nitrogens with zero attached hydrogens (tertiary/aromatic N) is 1. The molecule has 4 nitrogen and oxygen atoms in total. The maximum atomic E-state index is 12.3. The van der Waals surface area contributed by atoms with Crippen molar-refractivity contribution in [2.24, 2.45) is 0 Å². The monoisotopic (exact) mass is 327 g/mol. The number of esters is 1. The van der Waals surface area contributed by atoms with Crippen molar-refractivity contribution in [1.29, 1.82) is 0 Å². The first-order valence-electron chi connectivity index (χ1n) is 6.66. The van der Waals surface area contributed by atoms with Gasteiger partial charge >= 0.3 is 5.97 Å². The summed E-state index contributed by atoms with van der Waals surface area (Å²) in [5.41, 5.74) is 0. The number of hydrogen-bond donors (Lipinski definition) is 0. The number of carbonyl (C=O) groups excluding carboxylic acids is 2. The Morgan fingerprint density at radius 3 is 2.90 bits per heavy atom. The lowest BCUT2D eigenvalue weighted by molar-refractivity contribution is -0.140. The summed E-state index contributed by atoms with van der Waals surface area (Å²) in [6.45, 7) is 6.76. The van der Waals surface area contributed by atoms with Crippen molar-refractivity contribution in [2.45, 2.75) is 25.1 Å². The second kappa shape index (κ2) is 9.63. The minimum atomic E-state index is -0.246. The Morgan fingerprint density at radius 1 is 1.57 bits per heavy atom. The Bertz CT molecular complexity index is 459. The van der Waals surface area contributed by atoms with Gasteiger partial charge in [-0.15, -0.1) is 29.7 Å². The molecule has 1 rings (SSSR count). The Kier molecular flexibility index (Phi) is 8.15. The molecule has 21 heavy (non-hydrogen) atoms. The fraction of sp³-hybridized carbons (Fsp3) is 0.467. The molecular formula is C15H21NO3S2. The van der Waals surface area contributed by atoms with Crippen molar-refractivity contribution in [2.75, 3.05) is 19.4 Å². The highest BCUT2D eigenvalue weighted by molar-refractivity contribution is 8.00. The molecule has 0 saturated carbocycles. The van der Waals surface area contributed by atoms with Crippen molar-refractivity contribution >= 4 is 35.0 Å². The van der Waals surface area contributed by atoms with E-state index in [2.05, 4.69) is 11.3 Å². The first-order valence-corrected chi connectivity index (χ1v) is 8.59. The lowest BCUT2D eigenvalue weighted by Crippen LogP contribution is -2.32. The lowest BCUT2D eigenvalue weighted by Gasteiger charge is -2.21. The molecule has 0 aliphatic heterocycles. The number of amides is 1. The van der Waals surface area contributed by atoms with Gasteiger partial charge in [-0.05, 0) is 11.4 Å². The van der Waals surface area contributed by atoms with Crippen molar-refractivity contribution in [3.63, 3.8) is 0 Å². The summed E-state index contributed by atoms with van der Waals surface area (Å²) in [4.78, 5) is 26.4. The van der Waals surface area contributed by atoms with Crippen LogP contribution in [0.25, 0.3) is 0 Å². The number of carbonyl (C=O) groups is 2. The summed E-state index contributed by atoms with van der Waals surface area (Å²) in [5.74, 6) is 0.172. The lowest BCUT2D eigenvalue weighted by atomic mass is 10.3. The molecule has 0 spiro atoms. The van der Waals surface area contributed by atoms with Crippen molar-refractivity contribution < 1.29 is 14.3 Å². The number of hydrogen-bond acceptors (Lipinski definition) is 5. The van der Waals surface area contributed by atoms with Crippen LogP contribution < -0.4 is 0 Å². The zero-order valence-electron chi connectivity index (χ0n) is 12.4. The van der Waals surface area contributed by atoms with Crippen molar-refractivity contribution in [3.8, 4) is 0 Å². The van der Waals surface area contributed by atoms with Crippen LogP contribution in [0.3, 0.4) is 0 Å². The largest absolute Gasteiger partial charge is 0.469 e. The molecule has 1 aromatic rings. The van der Waals surface area contributed by atoms with Gasteiger partial charge in [0.15, 0.2) is 0 Å².